The number of hydrogen-bond donors (Lipinski definition) is 2. The summed E-state index contributed by atoms with van der Waals surface area (Å²) in [5.41, 5.74) is 0.869. The van der Waals surface area contributed by atoms with Crippen LogP contribution in [0.5, 0.6) is 0 Å². The zero-order valence-corrected chi connectivity index (χ0v) is 17.9. The third-order valence-corrected chi connectivity index (χ3v) is 6.19. The summed E-state index contributed by atoms with van der Waals surface area (Å²) in [5.74, 6) is 1.25. The molecule has 2 N–H and O–H groups in total. The largest absolute Gasteiger partial charge is 0.392 e. The number of unbranched alkanes of at least 4 members (excludes halogenated alkanes) is 1. The van der Waals surface area contributed by atoms with Gasteiger partial charge in [0.25, 0.3) is 0 Å². The van der Waals surface area contributed by atoms with Crippen LogP contribution >= 0.6 is 0 Å². The molecule has 1 fully saturated rings. The van der Waals surface area contributed by atoms with Crippen LogP contribution in [0, 0.1) is 17.8 Å². The summed E-state index contributed by atoms with van der Waals surface area (Å²) < 4.78 is 5.74. The van der Waals surface area contributed by atoms with Gasteiger partial charge in [-0.15, -0.1) is 0 Å². The molecule has 0 saturated heterocycles. The molecule has 2 aliphatic carbocycles. The number of aliphatic hydroxyl groups excluding tert-OH is 1. The first-order valence-corrected chi connectivity index (χ1v) is 10.8. The van der Waals surface area contributed by atoms with Gasteiger partial charge in [-0.1, -0.05) is 43.6 Å². The summed E-state index contributed by atoms with van der Waals surface area (Å²) in [7, 11) is 4.12. The molecule has 0 aromatic heterocycles. The molecule has 27 heavy (non-hydrogen) atoms. The lowest BCUT2D eigenvalue weighted by Crippen LogP contribution is -2.23. The predicted molar refractivity (Wildman–Crippen MR) is 112 cm³/mol. The minimum atomic E-state index is -0.627. The molecule has 0 heterocycles. The van der Waals surface area contributed by atoms with Gasteiger partial charge in [0.05, 0.1) is 24.9 Å². The van der Waals surface area contributed by atoms with Crippen LogP contribution in [0.4, 0.5) is 0 Å². The van der Waals surface area contributed by atoms with Gasteiger partial charge in [-0.25, -0.2) is 0 Å². The fraction of sp³-hybridized carbons (Fsp3) is 0.826. The lowest BCUT2D eigenvalue weighted by Gasteiger charge is -2.22. The molecule has 156 valence electrons. The van der Waals surface area contributed by atoms with E-state index in [1.165, 1.54) is 5.57 Å². The van der Waals surface area contributed by atoms with Gasteiger partial charge in [0.2, 0.25) is 0 Å². The van der Waals surface area contributed by atoms with E-state index in [-0.39, 0.29) is 12.0 Å². The quantitative estimate of drug-likeness (QED) is 0.400. The number of rotatable bonds is 12. The fourth-order valence-electron chi connectivity index (χ4n) is 4.48. The van der Waals surface area contributed by atoms with Gasteiger partial charge in [-0.05, 0) is 65.0 Å². The summed E-state index contributed by atoms with van der Waals surface area (Å²) >= 11 is 0. The van der Waals surface area contributed by atoms with Crippen LogP contribution in [0.25, 0.3) is 0 Å². The lowest BCUT2D eigenvalue weighted by molar-refractivity contribution is 0.0513. The Balaban J connectivity index is 1.77. The Morgan fingerprint density at radius 3 is 2.81 bits per heavy atom. The van der Waals surface area contributed by atoms with Crippen molar-refractivity contribution in [2.45, 2.75) is 70.5 Å². The van der Waals surface area contributed by atoms with Crippen LogP contribution < -0.4 is 0 Å². The van der Waals surface area contributed by atoms with Crippen molar-refractivity contribution in [3.05, 3.63) is 23.8 Å². The molecule has 0 radical (unpaired) electrons. The van der Waals surface area contributed by atoms with Crippen molar-refractivity contribution in [2.24, 2.45) is 17.8 Å². The minimum Gasteiger partial charge on any atom is -0.392 e. The van der Waals surface area contributed by atoms with Gasteiger partial charge in [-0.3, -0.25) is 0 Å². The molecule has 0 spiro atoms. The van der Waals surface area contributed by atoms with Crippen molar-refractivity contribution in [3.63, 3.8) is 0 Å². The van der Waals surface area contributed by atoms with E-state index in [0.29, 0.717) is 18.3 Å². The van der Waals surface area contributed by atoms with Gasteiger partial charge in [0.1, 0.15) is 0 Å². The molecular weight excluding hydrogens is 338 g/mol. The highest BCUT2D eigenvalue weighted by atomic mass is 16.5. The molecule has 1 saturated carbocycles. The van der Waals surface area contributed by atoms with Gasteiger partial charge in [0, 0.05) is 12.5 Å². The van der Waals surface area contributed by atoms with E-state index in [9.17, 15) is 10.2 Å². The van der Waals surface area contributed by atoms with E-state index in [1.54, 1.807) is 0 Å². The monoisotopic (exact) mass is 379 g/mol. The molecule has 0 aliphatic heterocycles. The highest BCUT2D eigenvalue weighted by Crippen LogP contribution is 2.48. The Morgan fingerprint density at radius 1 is 1.33 bits per heavy atom. The molecule has 2 aliphatic rings. The number of aliphatic hydroxyl groups is 2. The van der Waals surface area contributed by atoms with E-state index in [2.05, 4.69) is 44.1 Å². The standard InChI is InChI=1S/C23H41NO3/c1-5-6-10-23(2,26)11-7-8-20-21-16-18(15-19(21)17-22(20)25)9-13-27-14-12-24(3)4/h7-8,15,19-22,25-26H,5-6,9-14,16-17H2,1-4H3/b8-7+/t19-,20+,21-,22+,23-/m0/s1. The van der Waals surface area contributed by atoms with E-state index in [4.69, 9.17) is 4.74 Å². The Hall–Kier alpha value is -0.680. The summed E-state index contributed by atoms with van der Waals surface area (Å²) in [6.45, 7) is 6.62. The first-order chi connectivity index (χ1) is 12.8. The molecule has 4 heteroatoms. The van der Waals surface area contributed by atoms with Crippen molar-refractivity contribution < 1.29 is 14.9 Å². The Bertz CT molecular complexity index is 498. The maximum Gasteiger partial charge on any atom is 0.0654 e. The summed E-state index contributed by atoms with van der Waals surface area (Å²) in [4.78, 5) is 2.14. The molecule has 4 nitrogen and oxygen atoms in total. The highest BCUT2D eigenvalue weighted by Gasteiger charge is 2.43. The van der Waals surface area contributed by atoms with Crippen molar-refractivity contribution >= 4 is 0 Å². The molecule has 0 bridgehead atoms. The second kappa shape index (κ2) is 10.8. The lowest BCUT2D eigenvalue weighted by atomic mass is 9.88. The maximum absolute atomic E-state index is 10.5. The smallest absolute Gasteiger partial charge is 0.0654 e. The van der Waals surface area contributed by atoms with E-state index < -0.39 is 5.60 Å². The molecule has 0 unspecified atom stereocenters. The number of fused-ring (bicyclic) bond motifs is 1. The van der Waals surface area contributed by atoms with Crippen molar-refractivity contribution in [2.75, 3.05) is 33.9 Å². The molecular formula is C23H41NO3. The number of hydrogen-bond acceptors (Lipinski definition) is 4. The fourth-order valence-corrected chi connectivity index (χ4v) is 4.48. The molecule has 2 rings (SSSR count). The average Bonchev–Trinajstić information content (AvgIpc) is 3.10. The number of likely N-dealkylation sites (N-methyl/N-ethyl adjacent to an activating group) is 1. The van der Waals surface area contributed by atoms with Crippen LogP contribution in [0.15, 0.2) is 23.8 Å². The number of allylic oxidation sites excluding steroid dienone is 1. The van der Waals surface area contributed by atoms with Crippen LogP contribution in [0.3, 0.4) is 0 Å². The third kappa shape index (κ3) is 7.34. The summed E-state index contributed by atoms with van der Waals surface area (Å²) in [5, 5.41) is 20.9. The highest BCUT2D eigenvalue weighted by molar-refractivity contribution is 5.20. The van der Waals surface area contributed by atoms with Crippen LogP contribution in [0.2, 0.25) is 0 Å². The predicted octanol–water partition coefficient (Wildman–Crippen LogP) is 3.79. The van der Waals surface area contributed by atoms with Crippen LogP contribution in [0.1, 0.15) is 58.8 Å². The molecule has 0 aromatic carbocycles. The first-order valence-electron chi connectivity index (χ1n) is 10.8. The second-order valence-corrected chi connectivity index (χ2v) is 9.14. The van der Waals surface area contributed by atoms with E-state index in [1.807, 2.05) is 6.92 Å². The topological polar surface area (TPSA) is 52.9 Å². The Labute approximate surface area is 166 Å². The maximum atomic E-state index is 10.5. The van der Waals surface area contributed by atoms with Crippen molar-refractivity contribution in [1.29, 1.82) is 0 Å². The van der Waals surface area contributed by atoms with Crippen LogP contribution in [-0.2, 0) is 4.74 Å². The third-order valence-electron chi connectivity index (χ3n) is 6.19. The minimum absolute atomic E-state index is 0.223. The number of nitrogens with zero attached hydrogens (tertiary/aromatic N) is 1. The zero-order chi connectivity index (χ0) is 19.9. The summed E-state index contributed by atoms with van der Waals surface area (Å²) in [6, 6.07) is 0. The van der Waals surface area contributed by atoms with E-state index >= 15 is 0 Å². The summed E-state index contributed by atoms with van der Waals surface area (Å²) in [6.07, 6.45) is 13.1. The van der Waals surface area contributed by atoms with Crippen LogP contribution in [-0.4, -0.2) is 60.7 Å². The zero-order valence-electron chi connectivity index (χ0n) is 17.9. The van der Waals surface area contributed by atoms with Crippen molar-refractivity contribution in [1.82, 2.24) is 4.90 Å². The van der Waals surface area contributed by atoms with Gasteiger partial charge >= 0.3 is 0 Å². The van der Waals surface area contributed by atoms with Gasteiger partial charge < -0.3 is 19.8 Å². The Kier molecular flexibility index (Phi) is 9.00. The van der Waals surface area contributed by atoms with Gasteiger partial charge in [0.15, 0.2) is 0 Å². The normalized spacial score (nSPS) is 30.1. The first kappa shape index (κ1) is 22.6. The molecule has 0 amide bonds. The van der Waals surface area contributed by atoms with E-state index in [0.717, 1.165) is 58.3 Å². The molecule has 0 aromatic rings. The second-order valence-electron chi connectivity index (χ2n) is 9.14. The van der Waals surface area contributed by atoms with Crippen molar-refractivity contribution in [3.8, 4) is 0 Å². The van der Waals surface area contributed by atoms with Gasteiger partial charge in [-0.2, -0.15) is 0 Å². The average molecular weight is 380 g/mol. The SMILES string of the molecule is CCCC[C@](C)(O)C/C=C/[C@@H]1[C@H]2CC(CCOCCN(C)C)=C[C@H]2C[C@H]1O. The number of ether oxygens (including phenoxy) is 1. The Morgan fingerprint density at radius 2 is 2.11 bits per heavy atom. The molecule has 5 atom stereocenters.